The minimum Gasteiger partial charge on any atom is -0.441 e. The van der Waals surface area contributed by atoms with E-state index in [0.717, 1.165) is 23.9 Å². The molecule has 29 N–H and O–H groups in total. The molecule has 8 amide bonds. The molecule has 2 saturated heterocycles. The molecule has 0 saturated carbocycles. The summed E-state index contributed by atoms with van der Waals surface area (Å²) < 4.78 is 28.7. The maximum absolute atomic E-state index is 15.4. The number of ether oxygens (including phenoxy) is 5. The van der Waals surface area contributed by atoms with Crippen LogP contribution in [0.3, 0.4) is 0 Å². The Hall–Kier alpha value is -8.22. The maximum Gasteiger partial charge on any atom is 0.404 e. The van der Waals surface area contributed by atoms with Gasteiger partial charge in [-0.3, -0.25) is 39.0 Å². The molecule has 542 valence electrons. The first kappa shape index (κ1) is 78.8. The van der Waals surface area contributed by atoms with Crippen molar-refractivity contribution in [2.24, 2.45) is 34.6 Å². The number of amidine groups is 1. The van der Waals surface area contributed by atoms with Crippen molar-refractivity contribution in [1.29, 1.82) is 5.41 Å². The van der Waals surface area contributed by atoms with Crippen molar-refractivity contribution in [1.82, 2.24) is 61.8 Å². The van der Waals surface area contributed by atoms with Crippen LogP contribution >= 0.6 is 22.7 Å². The Bertz CT molecular complexity index is 3400. The van der Waals surface area contributed by atoms with E-state index in [1.807, 2.05) is 0 Å². The van der Waals surface area contributed by atoms with Crippen molar-refractivity contribution >= 4 is 81.8 Å². The number of imidazole rings is 1. The van der Waals surface area contributed by atoms with Gasteiger partial charge in [0.2, 0.25) is 29.5 Å². The highest BCUT2D eigenvalue weighted by Gasteiger charge is 2.54. The van der Waals surface area contributed by atoms with Crippen molar-refractivity contribution in [3.05, 3.63) is 56.8 Å². The third kappa shape index (κ3) is 20.7. The molecule has 98 heavy (non-hydrogen) atoms. The minimum absolute atomic E-state index is 0.0704. The number of hydrogen-bond acceptors (Lipinski definition) is 33. The fourth-order valence-electron chi connectivity index (χ4n) is 9.94. The zero-order valence-electron chi connectivity index (χ0n) is 53.1. The molecule has 0 spiro atoms. The molecule has 4 aromatic rings. The number of carbonyl (C=O) groups is 8. The van der Waals surface area contributed by atoms with Gasteiger partial charge in [-0.25, -0.2) is 29.7 Å². The number of aromatic amines is 1. The average Bonchev–Trinajstić information content (AvgIpc) is 0.936. The van der Waals surface area contributed by atoms with E-state index in [2.05, 4.69) is 61.8 Å². The second-order valence-electron chi connectivity index (χ2n) is 23.2. The minimum atomic E-state index is -2.27. The van der Waals surface area contributed by atoms with Gasteiger partial charge in [0.25, 0.3) is 11.8 Å². The van der Waals surface area contributed by atoms with Crippen LogP contribution in [0.15, 0.2) is 23.3 Å². The van der Waals surface area contributed by atoms with Gasteiger partial charge in [-0.15, -0.1) is 22.7 Å². The predicted molar refractivity (Wildman–Crippen MR) is 337 cm³/mol. The summed E-state index contributed by atoms with van der Waals surface area (Å²) in [6.07, 6.45) is -24.7. The molecule has 41 nitrogen and oxygen atoms in total. The van der Waals surface area contributed by atoms with Crippen molar-refractivity contribution in [3.63, 3.8) is 0 Å². The third-order valence-electron chi connectivity index (χ3n) is 15.4. The summed E-state index contributed by atoms with van der Waals surface area (Å²) >= 11 is 2.39. The van der Waals surface area contributed by atoms with Crippen molar-refractivity contribution in [3.8, 4) is 10.7 Å². The summed E-state index contributed by atoms with van der Waals surface area (Å²) in [7, 11) is 0. The van der Waals surface area contributed by atoms with Gasteiger partial charge in [-0.05, 0) is 27.2 Å². The van der Waals surface area contributed by atoms with E-state index >= 15 is 9.59 Å². The zero-order chi connectivity index (χ0) is 72.6. The Morgan fingerprint density at radius 2 is 1.50 bits per heavy atom. The average molecular weight is 1430 g/mol. The number of nitrogens with zero attached hydrogens (tertiary/aromatic N) is 5. The quantitative estimate of drug-likeness (QED) is 0.0149. The Morgan fingerprint density at radius 3 is 2.11 bits per heavy atom. The number of rotatable bonds is 36. The van der Waals surface area contributed by atoms with Crippen molar-refractivity contribution in [2.75, 3.05) is 45.2 Å². The molecule has 18 atom stereocenters. The smallest absolute Gasteiger partial charge is 0.404 e. The second-order valence-corrected chi connectivity index (χ2v) is 25.1. The van der Waals surface area contributed by atoms with Gasteiger partial charge in [-0.1, -0.05) is 6.92 Å². The first-order valence-electron chi connectivity index (χ1n) is 30.1. The number of aliphatic hydroxyl groups excluding tert-OH is 8. The van der Waals surface area contributed by atoms with Gasteiger partial charge in [0.1, 0.15) is 94.6 Å². The number of nitrogen functional groups attached to an aromatic ring is 1. The normalized spacial score (nSPS) is 23.5. The first-order valence-corrected chi connectivity index (χ1v) is 31.9. The van der Waals surface area contributed by atoms with E-state index in [-0.39, 0.29) is 66.9 Å². The molecule has 4 aromatic heterocycles. The van der Waals surface area contributed by atoms with Crippen molar-refractivity contribution < 1.29 is 108 Å². The first-order chi connectivity index (χ1) is 46.2. The SMILES string of the molecule is Cc1c(N)nc(C(CC(N)=O)NCC(N)C(N)=O)nc1C(=O)NC(C(=O)NC(CCO)C(O)C(C)C(=O)NC(C(=O)NCCc1nc(-c2nc(C(=O)NCCC(=N)N)cs2)cs1)C(C)(C)O)C(O[C@@H]1O[C@@H](CO)[C@@H](O)[C@H](O)[C@@H]1O[C@H]1O[C@H](CO)[C@@H](O)[C@H](OC(N)=O)[C@@H]1O)c1cnc[nH]1. The monoisotopic (exact) mass is 1430 g/mol. The van der Waals surface area contributed by atoms with E-state index < -0.39 is 201 Å². The van der Waals surface area contributed by atoms with Crippen LogP contribution in [0.4, 0.5) is 10.6 Å². The number of anilines is 1. The van der Waals surface area contributed by atoms with Gasteiger partial charge in [0.15, 0.2) is 18.7 Å². The number of aromatic nitrogens is 6. The summed E-state index contributed by atoms with van der Waals surface area (Å²) in [6, 6.07) is -8.32. The maximum atomic E-state index is 15.4. The lowest BCUT2D eigenvalue weighted by atomic mass is 9.92. The van der Waals surface area contributed by atoms with Gasteiger partial charge >= 0.3 is 6.09 Å². The van der Waals surface area contributed by atoms with Gasteiger partial charge in [0, 0.05) is 61.8 Å². The van der Waals surface area contributed by atoms with Crippen LogP contribution in [0.25, 0.3) is 10.7 Å². The molecule has 6 rings (SSSR count). The second kappa shape index (κ2) is 35.5. The summed E-state index contributed by atoms with van der Waals surface area (Å²) in [5.41, 5.74) is 31.1. The lowest BCUT2D eigenvalue weighted by molar-refractivity contribution is -0.372. The van der Waals surface area contributed by atoms with Crippen LogP contribution in [-0.2, 0) is 54.1 Å². The molecule has 0 aliphatic carbocycles. The number of nitrogens with two attached hydrogens (primary N) is 6. The lowest BCUT2D eigenvalue weighted by Crippen LogP contribution is -2.65. The molecule has 2 aliphatic heterocycles. The van der Waals surface area contributed by atoms with Crippen LogP contribution < -0.4 is 66.3 Å². The molecule has 43 heteroatoms. The number of primary amides is 3. The Balaban J connectivity index is 1.31. The van der Waals surface area contributed by atoms with Gasteiger partial charge < -0.3 is 141 Å². The number of hydrogen-bond donors (Lipinski definition) is 23. The number of H-pyrrole nitrogens is 1. The van der Waals surface area contributed by atoms with Crippen LogP contribution in [0.2, 0.25) is 0 Å². The summed E-state index contributed by atoms with van der Waals surface area (Å²) in [4.78, 5) is 131. The van der Waals surface area contributed by atoms with Gasteiger partial charge in [-0.2, -0.15) is 0 Å². The molecule has 2 fully saturated rings. The molecule has 0 radical (unpaired) electrons. The van der Waals surface area contributed by atoms with Crippen LogP contribution in [0, 0.1) is 18.3 Å². The topological polar surface area (TPSA) is 697 Å². The molecule has 8 unspecified atom stereocenters. The van der Waals surface area contributed by atoms with E-state index in [4.69, 9.17) is 63.5 Å². The Kier molecular flexibility index (Phi) is 28.5. The number of nitrogens with one attached hydrogen (secondary N) is 8. The highest BCUT2D eigenvalue weighted by Crippen LogP contribution is 2.35. The Labute approximate surface area is 565 Å². The number of aliphatic hydroxyl groups is 9. The zero-order valence-corrected chi connectivity index (χ0v) is 54.8. The predicted octanol–water partition coefficient (Wildman–Crippen LogP) is -8.89. The molecule has 0 bridgehead atoms. The van der Waals surface area contributed by atoms with E-state index in [9.17, 15) is 74.7 Å². The van der Waals surface area contributed by atoms with Gasteiger partial charge in [0.05, 0.1) is 78.0 Å². The number of amides is 8. The fourth-order valence-corrected chi connectivity index (χ4v) is 11.6. The number of thiazole rings is 2. The highest BCUT2D eigenvalue weighted by molar-refractivity contribution is 7.14. The standard InChI is InChI=1S/C55H83N19O22S2/c1-19-32(71-45(74-43(19)60)23(11-30(59)78)66-12-21(56)44(61)84)48(87)72-33(39(24-13-63-18-67-24)94-53-41(37(82)35(80)27(14-76)93-53)95-52-38(83)40(96-54(62)90)36(81)28(15-77)92-52)49(88)69-22(7-10-75)34(79)20(2)46(85)73-42(55(3,4)91)50(89)65-9-6-31-68-26(17-97-31)51-70-25(16-98-51)47(86)64-8-5-29(57)58/h13,16-18,20-23,27-28,33-42,52-53,66,75-77,79-83,91H,5-12,14-15,56H2,1-4H3,(H3,57,58)(H2,59,78)(H2,61,84)(H2,62,90)(H,63,67)(H,64,86)(H,65,89)(H,69,88)(H,72,87)(H,73,85)(H2,60,71,74)/t20?,21?,22?,23?,27-,28+,33?,34?,35+,36+,37-,38-,39?,40-,41-,42?,52+,53-/m0/s1. The van der Waals surface area contributed by atoms with E-state index in [0.29, 0.717) is 15.7 Å². The summed E-state index contributed by atoms with van der Waals surface area (Å²) in [6.45, 7) is 1.72. The highest BCUT2D eigenvalue weighted by atomic mass is 32.1. The molecule has 6 heterocycles. The van der Waals surface area contributed by atoms with Crippen LogP contribution in [-0.4, -0.2) is 266 Å². The largest absolute Gasteiger partial charge is 0.441 e. The fraction of sp³-hybridized carbons (Fsp3) is 0.600. The summed E-state index contributed by atoms with van der Waals surface area (Å²) in [5, 5.41) is 126. The molecule has 0 aromatic carbocycles. The van der Waals surface area contributed by atoms with Crippen LogP contribution in [0.5, 0.6) is 0 Å². The Morgan fingerprint density at radius 1 is 0.816 bits per heavy atom. The van der Waals surface area contributed by atoms with Crippen LogP contribution in [0.1, 0.15) is 95.2 Å². The summed E-state index contributed by atoms with van der Waals surface area (Å²) in [5.74, 6) is -9.48. The molecular weight excluding hydrogens is 1340 g/mol. The third-order valence-corrected chi connectivity index (χ3v) is 17.2. The number of carbonyl (C=O) groups excluding carboxylic acids is 8. The molecule has 2 aliphatic rings. The molecular formula is C55H83N19O22S2. The van der Waals surface area contributed by atoms with E-state index in [1.165, 1.54) is 44.4 Å². The van der Waals surface area contributed by atoms with E-state index in [1.54, 1.807) is 5.38 Å². The lowest BCUT2D eigenvalue weighted by Gasteiger charge is -2.47. The van der Waals surface area contributed by atoms with Crippen molar-refractivity contribution in [2.45, 2.75) is 163 Å².